The van der Waals surface area contributed by atoms with Crippen molar-refractivity contribution >= 4 is 55.6 Å². The highest BCUT2D eigenvalue weighted by atomic mass is 79.9. The summed E-state index contributed by atoms with van der Waals surface area (Å²) in [5.41, 5.74) is 2.81. The maximum atomic E-state index is 14.0. The zero-order chi connectivity index (χ0) is 32.2. The molecule has 2 unspecified atom stereocenters. The van der Waals surface area contributed by atoms with Crippen LogP contribution < -0.4 is 5.32 Å². The first-order valence-electron chi connectivity index (χ1n) is 16.8. The highest BCUT2D eigenvalue weighted by molar-refractivity contribution is 9.12. The molecule has 0 spiro atoms. The van der Waals surface area contributed by atoms with Crippen LogP contribution in [0.1, 0.15) is 56.9 Å². The fraction of sp³-hybridized carbons (Fsp3) is 0.618. The highest BCUT2D eigenvalue weighted by Crippen LogP contribution is 2.31. The van der Waals surface area contributed by atoms with Crippen molar-refractivity contribution in [2.75, 3.05) is 51.1 Å². The smallest absolute Gasteiger partial charge is 0.410 e. The third-order valence-electron chi connectivity index (χ3n) is 10.2. The van der Waals surface area contributed by atoms with Crippen molar-refractivity contribution in [1.82, 2.24) is 19.6 Å². The fourth-order valence-corrected chi connectivity index (χ4v) is 9.07. The van der Waals surface area contributed by atoms with Crippen molar-refractivity contribution in [1.29, 1.82) is 0 Å². The Morgan fingerprint density at radius 1 is 0.935 bits per heavy atom. The average molecular weight is 764 g/mol. The minimum absolute atomic E-state index is 0.0224. The van der Waals surface area contributed by atoms with Crippen LogP contribution in [0.3, 0.4) is 0 Å². The van der Waals surface area contributed by atoms with E-state index in [9.17, 15) is 19.5 Å². The Morgan fingerprint density at radius 3 is 2.33 bits per heavy atom. The van der Waals surface area contributed by atoms with Crippen LogP contribution in [0.5, 0.6) is 0 Å². The quantitative estimate of drug-likeness (QED) is 0.384. The number of piperidine rings is 3. The first kappa shape index (κ1) is 33.5. The SMILES string of the molecule is O=C(O[C@H](CC1=CC(Br)C(O)C(Br)=C1)C(=O)N1CCC(N2CCCCC2)CC1)N1CCC(N2CCc3ccccc3NC2=O)CC1. The van der Waals surface area contributed by atoms with Gasteiger partial charge in [-0.3, -0.25) is 4.79 Å². The Bertz CT molecular complexity index is 1330. The lowest BCUT2D eigenvalue weighted by atomic mass is 9.97. The van der Waals surface area contributed by atoms with Crippen molar-refractivity contribution in [2.45, 2.75) is 86.9 Å². The van der Waals surface area contributed by atoms with Crippen LogP contribution in [0, 0.1) is 0 Å². The number of allylic oxidation sites excluding steroid dienone is 1. The molecule has 4 amide bonds. The van der Waals surface area contributed by atoms with Crippen LogP contribution in [-0.4, -0.2) is 118 Å². The monoisotopic (exact) mass is 761 g/mol. The molecule has 4 aliphatic heterocycles. The normalized spacial score (nSPS) is 26.0. The van der Waals surface area contributed by atoms with E-state index in [4.69, 9.17) is 4.74 Å². The van der Waals surface area contributed by atoms with Gasteiger partial charge in [0.05, 0.1) is 4.83 Å². The number of hydrogen-bond acceptors (Lipinski definition) is 6. The molecule has 2 N–H and O–H groups in total. The van der Waals surface area contributed by atoms with Gasteiger partial charge in [-0.05, 0) is 81.3 Å². The third kappa shape index (κ3) is 7.82. The topological polar surface area (TPSA) is 106 Å². The van der Waals surface area contributed by atoms with Gasteiger partial charge < -0.3 is 34.8 Å². The third-order valence-corrected chi connectivity index (χ3v) is 11.7. The van der Waals surface area contributed by atoms with Crippen LogP contribution >= 0.6 is 31.9 Å². The number of para-hydroxylation sites is 1. The van der Waals surface area contributed by atoms with Gasteiger partial charge in [0, 0.05) is 61.4 Å². The van der Waals surface area contributed by atoms with E-state index in [1.165, 1.54) is 19.3 Å². The van der Waals surface area contributed by atoms with Crippen molar-refractivity contribution in [3.05, 3.63) is 52.0 Å². The zero-order valence-electron chi connectivity index (χ0n) is 26.3. The fourth-order valence-electron chi connectivity index (χ4n) is 7.51. The molecule has 46 heavy (non-hydrogen) atoms. The van der Waals surface area contributed by atoms with E-state index in [1.807, 2.05) is 46.2 Å². The zero-order valence-corrected chi connectivity index (χ0v) is 29.5. The number of alkyl halides is 1. The Kier molecular flexibility index (Phi) is 11.1. The Balaban J connectivity index is 1.08. The average Bonchev–Trinajstić information content (AvgIpc) is 3.25. The van der Waals surface area contributed by atoms with E-state index in [2.05, 4.69) is 42.1 Å². The number of carbonyl (C=O) groups excluding carboxylic acids is 3. The summed E-state index contributed by atoms with van der Waals surface area (Å²) in [5.74, 6) is -0.163. The number of anilines is 1. The lowest BCUT2D eigenvalue weighted by molar-refractivity contribution is -0.142. The highest BCUT2D eigenvalue weighted by Gasteiger charge is 2.37. The number of fused-ring (bicyclic) bond motifs is 1. The molecule has 6 rings (SSSR count). The molecular formula is C34H45Br2N5O5. The second-order valence-corrected chi connectivity index (χ2v) is 15.1. The number of amides is 4. The van der Waals surface area contributed by atoms with Gasteiger partial charge in [0.1, 0.15) is 6.10 Å². The number of urea groups is 1. The maximum absolute atomic E-state index is 14.0. The van der Waals surface area contributed by atoms with Gasteiger partial charge in [-0.25, -0.2) is 9.59 Å². The lowest BCUT2D eigenvalue weighted by Gasteiger charge is -2.41. The minimum atomic E-state index is -0.968. The second-order valence-electron chi connectivity index (χ2n) is 13.1. The van der Waals surface area contributed by atoms with Crippen LogP contribution in [0.4, 0.5) is 15.3 Å². The molecule has 1 aromatic rings. The number of likely N-dealkylation sites (tertiary alicyclic amines) is 3. The standard InChI is InChI=1S/C34H45Br2N5O5/c35-27-20-23(21-28(36)31(27)42)22-30(32(43)39-15-9-25(10-16-39)38-13-4-1-5-14-38)46-34(45)40-17-11-26(12-18-40)41-19-8-24-6-2-3-7-29(24)37-33(41)44/h2-3,6-7,20-21,25-27,30-31,42H,1,4-5,8-19,22H2,(H,37,44)/t27?,30-,31?/m1/s1. The molecule has 1 aliphatic carbocycles. The van der Waals surface area contributed by atoms with E-state index in [0.29, 0.717) is 56.1 Å². The van der Waals surface area contributed by atoms with Crippen molar-refractivity contribution < 1.29 is 24.2 Å². The van der Waals surface area contributed by atoms with Gasteiger partial charge in [0.15, 0.2) is 6.10 Å². The number of hydrogen-bond donors (Lipinski definition) is 2. The van der Waals surface area contributed by atoms with Gasteiger partial charge in [-0.2, -0.15) is 0 Å². The number of nitrogens with zero attached hydrogens (tertiary/aromatic N) is 4. The number of rotatable bonds is 6. The minimum Gasteiger partial charge on any atom is -0.436 e. The summed E-state index contributed by atoms with van der Waals surface area (Å²) < 4.78 is 6.66. The van der Waals surface area contributed by atoms with E-state index in [-0.39, 0.29) is 29.2 Å². The van der Waals surface area contributed by atoms with Gasteiger partial charge in [-0.15, -0.1) is 0 Å². The number of halogens is 2. The largest absolute Gasteiger partial charge is 0.436 e. The van der Waals surface area contributed by atoms with E-state index in [0.717, 1.165) is 49.2 Å². The van der Waals surface area contributed by atoms with E-state index in [1.54, 1.807) is 4.90 Å². The molecule has 0 bridgehead atoms. The molecule has 4 heterocycles. The molecule has 0 radical (unpaired) electrons. The predicted molar refractivity (Wildman–Crippen MR) is 184 cm³/mol. The predicted octanol–water partition coefficient (Wildman–Crippen LogP) is 5.26. The van der Waals surface area contributed by atoms with Crippen molar-refractivity contribution in [3.8, 4) is 0 Å². The van der Waals surface area contributed by atoms with Crippen LogP contribution in [0.25, 0.3) is 0 Å². The summed E-state index contributed by atoms with van der Waals surface area (Å²) in [7, 11) is 0. The molecule has 12 heteroatoms. The molecule has 0 saturated carbocycles. The number of carbonyl (C=O) groups is 3. The summed E-state index contributed by atoms with van der Waals surface area (Å²) in [4.78, 5) is 48.3. The van der Waals surface area contributed by atoms with E-state index >= 15 is 0 Å². The number of nitrogens with one attached hydrogen (secondary N) is 1. The molecule has 3 fully saturated rings. The van der Waals surface area contributed by atoms with E-state index < -0.39 is 18.3 Å². The molecule has 0 aromatic heterocycles. The van der Waals surface area contributed by atoms with Gasteiger partial charge >= 0.3 is 12.1 Å². The summed E-state index contributed by atoms with van der Waals surface area (Å²) in [6, 6.07) is 8.32. The number of aliphatic hydroxyl groups excluding tert-OH is 1. The lowest BCUT2D eigenvalue weighted by Crippen LogP contribution is -2.52. The van der Waals surface area contributed by atoms with Crippen LogP contribution in [-0.2, 0) is 16.0 Å². The molecule has 3 saturated heterocycles. The number of ether oxygens (including phenoxy) is 1. The summed E-state index contributed by atoms with van der Waals surface area (Å²) in [5, 5.41) is 13.4. The van der Waals surface area contributed by atoms with Crippen LogP contribution in [0.2, 0.25) is 0 Å². The van der Waals surface area contributed by atoms with Crippen molar-refractivity contribution in [2.24, 2.45) is 0 Å². The molecule has 1 aromatic carbocycles. The second kappa shape index (κ2) is 15.2. The molecular weight excluding hydrogens is 718 g/mol. The molecule has 3 atom stereocenters. The van der Waals surface area contributed by atoms with Crippen molar-refractivity contribution in [3.63, 3.8) is 0 Å². The molecule has 5 aliphatic rings. The Morgan fingerprint density at radius 2 is 1.61 bits per heavy atom. The summed E-state index contributed by atoms with van der Waals surface area (Å²) >= 11 is 6.95. The molecule has 10 nitrogen and oxygen atoms in total. The Hall–Kier alpha value is -2.41. The van der Waals surface area contributed by atoms with Gasteiger partial charge in [0.25, 0.3) is 5.91 Å². The number of benzene rings is 1. The van der Waals surface area contributed by atoms with Gasteiger partial charge in [0.2, 0.25) is 0 Å². The maximum Gasteiger partial charge on any atom is 0.410 e. The molecule has 250 valence electrons. The van der Waals surface area contributed by atoms with Gasteiger partial charge in [-0.1, -0.05) is 62.6 Å². The summed E-state index contributed by atoms with van der Waals surface area (Å²) in [6.07, 6.45) is 9.46. The Labute approximate surface area is 288 Å². The summed E-state index contributed by atoms with van der Waals surface area (Å²) in [6.45, 7) is 5.11. The first-order valence-corrected chi connectivity index (χ1v) is 18.5. The number of aliphatic hydroxyl groups is 1. The van der Waals surface area contributed by atoms with Crippen LogP contribution in [0.15, 0.2) is 46.5 Å². The first-order chi connectivity index (χ1) is 22.3.